The van der Waals surface area contributed by atoms with Crippen molar-refractivity contribution in [3.8, 4) is 0 Å². The average molecular weight is 271 g/mol. The van der Waals surface area contributed by atoms with E-state index in [0.717, 1.165) is 0 Å². The van der Waals surface area contributed by atoms with Crippen molar-refractivity contribution in [1.82, 2.24) is 4.72 Å². The van der Waals surface area contributed by atoms with Gasteiger partial charge in [0, 0.05) is 18.9 Å². The highest BCUT2D eigenvalue weighted by Gasteiger charge is 2.41. The standard InChI is InChI=1S/C9H15F2NO4S/c10-8(11)17(13,14)12-7-1-3-9(4-2-7)15-5-6-16-9/h7-8,12H,1-6H2. The van der Waals surface area contributed by atoms with Crippen LogP contribution in [0.3, 0.4) is 0 Å². The Balaban J connectivity index is 1.87. The van der Waals surface area contributed by atoms with Crippen LogP contribution in [0.5, 0.6) is 0 Å². The van der Waals surface area contributed by atoms with Gasteiger partial charge in [-0.15, -0.1) is 0 Å². The molecule has 100 valence electrons. The van der Waals surface area contributed by atoms with E-state index in [9.17, 15) is 17.2 Å². The van der Waals surface area contributed by atoms with Gasteiger partial charge in [-0.3, -0.25) is 0 Å². The lowest BCUT2D eigenvalue weighted by atomic mass is 9.91. The summed E-state index contributed by atoms with van der Waals surface area (Å²) in [6.45, 7) is 1.07. The van der Waals surface area contributed by atoms with Gasteiger partial charge in [0.1, 0.15) is 0 Å². The van der Waals surface area contributed by atoms with E-state index in [-0.39, 0.29) is 0 Å². The summed E-state index contributed by atoms with van der Waals surface area (Å²) in [6.07, 6.45) is 1.96. The number of hydrogen-bond acceptors (Lipinski definition) is 4. The Hall–Kier alpha value is -0.310. The van der Waals surface area contributed by atoms with Crippen LogP contribution in [0.1, 0.15) is 25.7 Å². The van der Waals surface area contributed by atoms with Gasteiger partial charge < -0.3 is 9.47 Å². The van der Waals surface area contributed by atoms with Crippen LogP contribution in [0.25, 0.3) is 0 Å². The number of alkyl halides is 2. The first-order chi connectivity index (χ1) is 7.94. The number of halogens is 2. The molecule has 2 fully saturated rings. The molecule has 0 aromatic heterocycles. The molecule has 0 radical (unpaired) electrons. The number of hydrogen-bond donors (Lipinski definition) is 1. The number of ether oxygens (including phenoxy) is 2. The van der Waals surface area contributed by atoms with Crippen molar-refractivity contribution < 1.29 is 26.7 Å². The van der Waals surface area contributed by atoms with Gasteiger partial charge in [0.25, 0.3) is 10.0 Å². The fraction of sp³-hybridized carbons (Fsp3) is 1.00. The van der Waals surface area contributed by atoms with Gasteiger partial charge >= 0.3 is 5.76 Å². The molecule has 0 amide bonds. The lowest BCUT2D eigenvalue weighted by Gasteiger charge is -2.35. The number of nitrogens with one attached hydrogen (secondary N) is 1. The zero-order valence-corrected chi connectivity index (χ0v) is 10.0. The first-order valence-corrected chi connectivity index (χ1v) is 7.05. The summed E-state index contributed by atoms with van der Waals surface area (Å²) in [5, 5.41) is 0. The van der Waals surface area contributed by atoms with Crippen LogP contribution in [0, 0.1) is 0 Å². The molecule has 1 saturated heterocycles. The SMILES string of the molecule is O=S(=O)(NC1CCC2(CC1)OCCO2)C(F)F. The molecule has 2 rings (SSSR count). The first kappa shape index (κ1) is 13.1. The average Bonchev–Trinajstić information content (AvgIpc) is 2.70. The molecular formula is C9H15F2NO4S. The highest BCUT2D eigenvalue weighted by atomic mass is 32.2. The molecule has 5 nitrogen and oxygen atoms in total. The minimum absolute atomic E-state index is 0.450. The Morgan fingerprint density at radius 2 is 1.71 bits per heavy atom. The smallest absolute Gasteiger partial charge is 0.348 e. The van der Waals surface area contributed by atoms with Gasteiger partial charge in [0.2, 0.25) is 0 Å². The molecule has 0 unspecified atom stereocenters. The van der Waals surface area contributed by atoms with E-state index in [1.165, 1.54) is 0 Å². The Bertz CT molecular complexity index is 357. The molecule has 1 aliphatic heterocycles. The molecule has 17 heavy (non-hydrogen) atoms. The van der Waals surface area contributed by atoms with Gasteiger partial charge in [-0.1, -0.05) is 0 Å². The summed E-state index contributed by atoms with van der Waals surface area (Å²) in [5.41, 5.74) is 0. The van der Waals surface area contributed by atoms with E-state index in [4.69, 9.17) is 9.47 Å². The summed E-state index contributed by atoms with van der Waals surface area (Å²) < 4.78 is 59.2. The molecule has 1 N–H and O–H groups in total. The van der Waals surface area contributed by atoms with Crippen LogP contribution in [-0.4, -0.2) is 39.2 Å². The second-order valence-corrected chi connectivity index (χ2v) is 5.99. The maximum atomic E-state index is 12.2. The number of sulfonamides is 1. The summed E-state index contributed by atoms with van der Waals surface area (Å²) in [6, 6.07) is -0.451. The van der Waals surface area contributed by atoms with Gasteiger partial charge in [-0.05, 0) is 12.8 Å². The van der Waals surface area contributed by atoms with Crippen LogP contribution in [0.4, 0.5) is 8.78 Å². The zero-order chi connectivity index (χ0) is 12.5. The predicted molar refractivity (Wildman–Crippen MR) is 55.0 cm³/mol. The molecule has 8 heteroatoms. The van der Waals surface area contributed by atoms with Crippen LogP contribution < -0.4 is 4.72 Å². The maximum absolute atomic E-state index is 12.2. The second kappa shape index (κ2) is 4.75. The predicted octanol–water partition coefficient (Wildman–Crippen LogP) is 0.814. The third kappa shape index (κ3) is 2.93. The van der Waals surface area contributed by atoms with Gasteiger partial charge in [0.15, 0.2) is 5.79 Å². The molecule has 0 atom stereocenters. The van der Waals surface area contributed by atoms with Crippen LogP contribution in [-0.2, 0) is 19.5 Å². The molecule has 1 aliphatic carbocycles. The highest BCUT2D eigenvalue weighted by Crippen LogP contribution is 2.35. The summed E-state index contributed by atoms with van der Waals surface area (Å²) in [7, 11) is -4.50. The lowest BCUT2D eigenvalue weighted by molar-refractivity contribution is -0.178. The zero-order valence-electron chi connectivity index (χ0n) is 9.19. The Morgan fingerprint density at radius 1 is 1.18 bits per heavy atom. The third-order valence-corrected chi connectivity index (χ3v) is 4.26. The molecule has 2 aliphatic rings. The third-order valence-electron chi connectivity index (χ3n) is 3.13. The van der Waals surface area contributed by atoms with Crippen molar-refractivity contribution in [1.29, 1.82) is 0 Å². The molecule has 1 spiro atoms. The van der Waals surface area contributed by atoms with Gasteiger partial charge in [-0.25, -0.2) is 13.1 Å². The topological polar surface area (TPSA) is 64.6 Å². The molecule has 1 heterocycles. The Labute approximate surface area is 98.5 Å². The van der Waals surface area contributed by atoms with E-state index >= 15 is 0 Å². The van der Waals surface area contributed by atoms with Crippen molar-refractivity contribution in [2.45, 2.75) is 43.3 Å². The number of rotatable bonds is 3. The van der Waals surface area contributed by atoms with Crippen molar-refractivity contribution in [2.75, 3.05) is 13.2 Å². The summed E-state index contributed by atoms with van der Waals surface area (Å²) in [5.74, 6) is -3.98. The molecule has 0 aromatic rings. The quantitative estimate of drug-likeness (QED) is 0.825. The van der Waals surface area contributed by atoms with Crippen LogP contribution >= 0.6 is 0 Å². The highest BCUT2D eigenvalue weighted by molar-refractivity contribution is 7.89. The van der Waals surface area contributed by atoms with Crippen molar-refractivity contribution in [2.24, 2.45) is 0 Å². The minimum atomic E-state index is -4.50. The van der Waals surface area contributed by atoms with E-state index in [1.807, 2.05) is 4.72 Å². The van der Waals surface area contributed by atoms with Crippen molar-refractivity contribution >= 4 is 10.0 Å². The van der Waals surface area contributed by atoms with Crippen LogP contribution in [0.2, 0.25) is 0 Å². The van der Waals surface area contributed by atoms with E-state index in [1.54, 1.807) is 0 Å². The molecule has 1 saturated carbocycles. The van der Waals surface area contributed by atoms with Gasteiger partial charge in [-0.2, -0.15) is 8.78 Å². The van der Waals surface area contributed by atoms with Crippen molar-refractivity contribution in [3.63, 3.8) is 0 Å². The van der Waals surface area contributed by atoms with E-state index < -0.39 is 27.6 Å². The molecule has 0 bridgehead atoms. The maximum Gasteiger partial charge on any atom is 0.350 e. The Morgan fingerprint density at radius 3 is 2.18 bits per heavy atom. The molecular weight excluding hydrogens is 256 g/mol. The minimum Gasteiger partial charge on any atom is -0.348 e. The van der Waals surface area contributed by atoms with Gasteiger partial charge in [0.05, 0.1) is 13.2 Å². The monoisotopic (exact) mass is 271 g/mol. The van der Waals surface area contributed by atoms with Crippen LogP contribution in [0.15, 0.2) is 0 Å². The largest absolute Gasteiger partial charge is 0.350 e. The van der Waals surface area contributed by atoms with Crippen molar-refractivity contribution in [3.05, 3.63) is 0 Å². The lowest BCUT2D eigenvalue weighted by Crippen LogP contribution is -2.45. The molecule has 0 aromatic carbocycles. The summed E-state index contributed by atoms with van der Waals surface area (Å²) in [4.78, 5) is 0. The van der Waals surface area contributed by atoms with E-state index in [2.05, 4.69) is 0 Å². The fourth-order valence-corrected chi connectivity index (χ4v) is 3.05. The normalized spacial score (nSPS) is 25.8. The Kier molecular flexibility index (Phi) is 3.67. The fourth-order valence-electron chi connectivity index (χ4n) is 2.24. The summed E-state index contributed by atoms with van der Waals surface area (Å²) >= 11 is 0. The second-order valence-electron chi connectivity index (χ2n) is 4.31. The first-order valence-electron chi connectivity index (χ1n) is 5.51. The van der Waals surface area contributed by atoms with E-state index in [0.29, 0.717) is 38.9 Å².